The molecule has 0 saturated heterocycles. The van der Waals surface area contributed by atoms with Gasteiger partial charge >= 0.3 is 0 Å². The van der Waals surface area contributed by atoms with Gasteiger partial charge in [0, 0.05) is 159 Å². The number of nitrogens with zero attached hydrogens (tertiary/aromatic N) is 12. The van der Waals surface area contributed by atoms with E-state index in [0.717, 1.165) is 123 Å². The van der Waals surface area contributed by atoms with Gasteiger partial charge in [0.05, 0.1) is 78.3 Å². The quantitative estimate of drug-likeness (QED) is 0.112. The number of anilines is 6. The SMILES string of the molecule is c1ccc(-n2c3ccccc3c3cc(-c4ccc5c(c4)c4ccccc4n5-c4ccc5cccnc5n4)ccc32)cc1.c1ccc(N(c2ccc(-c3cccc4c5ccccc5n(-c5cnc6ncccc6c5)c34)cc2)c2ccc3sc4ccccc4c3c2)cc1.c1ccc(N(c2ccc(-c3cccc4c5ccccc5n(-c5cnc6ncccc6c5)c34)cc2)c2cccc3c2sc2ccccc23)cc1. The molecular formula is C126H80N12S2. The zero-order valence-electron chi connectivity index (χ0n) is 75.4. The largest absolute Gasteiger partial charge is 0.310 e. The van der Waals surface area contributed by atoms with E-state index < -0.39 is 0 Å². The van der Waals surface area contributed by atoms with Crippen molar-refractivity contribution in [1.29, 1.82) is 0 Å². The van der Waals surface area contributed by atoms with Gasteiger partial charge in [-0.15, -0.1) is 22.7 Å². The fourth-order valence-corrected chi connectivity index (χ4v) is 23.3. The van der Waals surface area contributed by atoms with Crippen LogP contribution in [0.1, 0.15) is 0 Å². The van der Waals surface area contributed by atoms with Gasteiger partial charge in [-0.25, -0.2) is 29.9 Å². The van der Waals surface area contributed by atoms with E-state index in [1.807, 2.05) is 59.3 Å². The Hall–Kier alpha value is -18.3. The van der Waals surface area contributed by atoms with Crippen molar-refractivity contribution in [1.82, 2.24) is 48.2 Å². The van der Waals surface area contributed by atoms with E-state index in [0.29, 0.717) is 0 Å². The third-order valence-electron chi connectivity index (χ3n) is 27.3. The molecule has 17 aromatic carbocycles. The third kappa shape index (κ3) is 13.9. The summed E-state index contributed by atoms with van der Waals surface area (Å²) in [4.78, 5) is 32.6. The number of thiophene rings is 2. The maximum absolute atomic E-state index is 4.94. The molecule has 0 atom stereocenters. The van der Waals surface area contributed by atoms with Crippen LogP contribution in [-0.2, 0) is 0 Å². The maximum atomic E-state index is 4.94. The second-order valence-electron chi connectivity index (χ2n) is 35.3. The van der Waals surface area contributed by atoms with E-state index in [1.165, 1.54) is 128 Å². The number of hydrogen-bond donors (Lipinski definition) is 0. The van der Waals surface area contributed by atoms with Crippen LogP contribution < -0.4 is 9.80 Å². The summed E-state index contributed by atoms with van der Waals surface area (Å²) >= 11 is 3.70. The molecule has 656 valence electrons. The molecule has 12 heterocycles. The standard InChI is InChI=1S/2C44H28N4S.C38H24N4/c1-2-12-31(13-3-1)47(40-20-9-18-38-36-15-5-7-21-41(36)49-43(38)40)32-24-22-29(23-25-32)34-16-8-17-37-35-14-4-6-19-39(35)48(42(34)37)33-27-30-11-10-26-45-44(30)46-28-33;1-2-11-31(12-3-1)47(33-23-24-42-39(27-33)37-14-5-7-18-41(37)49-42)32-21-19-29(20-22-32)35-15-8-16-38-36-13-4-6-17-40(36)48(43(35)38)34-26-30-10-9-25-45-44(30)46-28-34;1-2-10-28(11-3-1)41-33-14-6-4-12-29(33)31-23-26(16-19-35(31)41)27-17-20-36-32(24-27)30-13-5-7-15-34(30)42(36)37-21-18-25-9-8-22-39-38(25)40-37/h2*1-28H;1-24H. The predicted octanol–water partition coefficient (Wildman–Crippen LogP) is 34.0. The van der Waals surface area contributed by atoms with E-state index >= 15 is 0 Å². The van der Waals surface area contributed by atoms with Crippen molar-refractivity contribution in [3.63, 3.8) is 0 Å². The normalized spacial score (nSPS) is 11.7. The van der Waals surface area contributed by atoms with Gasteiger partial charge in [0.15, 0.2) is 16.9 Å². The number of hydrogen-bond acceptors (Lipinski definition) is 10. The average Bonchev–Trinajstić information content (AvgIpc) is 1.59. The summed E-state index contributed by atoms with van der Waals surface area (Å²) in [6.45, 7) is 0. The van der Waals surface area contributed by atoms with Crippen molar-refractivity contribution >= 4 is 217 Å². The van der Waals surface area contributed by atoms with Crippen LogP contribution >= 0.6 is 22.7 Å². The van der Waals surface area contributed by atoms with Crippen molar-refractivity contribution in [2.24, 2.45) is 0 Å². The second kappa shape index (κ2) is 33.9. The van der Waals surface area contributed by atoms with E-state index in [4.69, 9.17) is 15.0 Å². The molecule has 12 aromatic heterocycles. The third-order valence-corrected chi connectivity index (χ3v) is 29.7. The molecule has 0 amide bonds. The monoisotopic (exact) mass is 1820 g/mol. The molecule has 12 nitrogen and oxygen atoms in total. The topological polar surface area (TPSA) is 104 Å². The van der Waals surface area contributed by atoms with Gasteiger partial charge < -0.3 is 23.5 Å². The molecule has 0 N–H and O–H groups in total. The zero-order valence-corrected chi connectivity index (χ0v) is 77.0. The lowest BCUT2D eigenvalue weighted by Crippen LogP contribution is -2.09. The predicted molar refractivity (Wildman–Crippen MR) is 587 cm³/mol. The van der Waals surface area contributed by atoms with Crippen LogP contribution in [0, 0.1) is 0 Å². The molecule has 0 saturated carbocycles. The van der Waals surface area contributed by atoms with Crippen LogP contribution in [-0.4, -0.2) is 48.2 Å². The minimum absolute atomic E-state index is 0.747. The smallest absolute Gasteiger partial charge is 0.161 e. The maximum Gasteiger partial charge on any atom is 0.161 e. The van der Waals surface area contributed by atoms with Gasteiger partial charge in [-0.05, 0) is 229 Å². The minimum Gasteiger partial charge on any atom is -0.310 e. The Kier molecular flexibility index (Phi) is 19.7. The first-order valence-corrected chi connectivity index (χ1v) is 48.6. The summed E-state index contributed by atoms with van der Waals surface area (Å²) in [6.07, 6.45) is 9.25. The molecule has 140 heavy (non-hydrogen) atoms. The highest BCUT2D eigenvalue weighted by molar-refractivity contribution is 7.26. The molecule has 29 aromatic rings. The van der Waals surface area contributed by atoms with Crippen molar-refractivity contribution < 1.29 is 0 Å². The molecule has 0 aliphatic carbocycles. The molecule has 0 aliphatic heterocycles. The van der Waals surface area contributed by atoms with Crippen LogP contribution in [0.4, 0.5) is 34.1 Å². The first-order chi connectivity index (χ1) is 69.4. The molecule has 14 heteroatoms. The first kappa shape index (κ1) is 81.2. The molecule has 0 fully saturated rings. The van der Waals surface area contributed by atoms with Crippen LogP contribution in [0.5, 0.6) is 0 Å². The zero-order chi connectivity index (χ0) is 92.2. The second-order valence-corrected chi connectivity index (χ2v) is 37.4. The fraction of sp³-hybridized carbons (Fsp3) is 0. The number of benzene rings is 17. The summed E-state index contributed by atoms with van der Waals surface area (Å²) in [7, 11) is 0. The lowest BCUT2D eigenvalue weighted by atomic mass is 10.0. The highest BCUT2D eigenvalue weighted by Gasteiger charge is 2.26. The van der Waals surface area contributed by atoms with Crippen LogP contribution in [0.15, 0.2) is 486 Å². The Morgan fingerprint density at radius 2 is 0.607 bits per heavy atom. The number of para-hydroxylation sites is 9. The van der Waals surface area contributed by atoms with E-state index in [-0.39, 0.29) is 0 Å². The fourth-order valence-electron chi connectivity index (χ4n) is 21.0. The number of aromatic nitrogens is 10. The van der Waals surface area contributed by atoms with Gasteiger partial charge in [-0.3, -0.25) is 4.57 Å². The van der Waals surface area contributed by atoms with Crippen LogP contribution in [0.2, 0.25) is 0 Å². The van der Waals surface area contributed by atoms with Gasteiger partial charge in [0.25, 0.3) is 0 Å². The first-order valence-electron chi connectivity index (χ1n) is 47.0. The van der Waals surface area contributed by atoms with E-state index in [9.17, 15) is 0 Å². The summed E-state index contributed by atoms with van der Waals surface area (Å²) in [6, 6.07) is 163. The van der Waals surface area contributed by atoms with Crippen LogP contribution in [0.3, 0.4) is 0 Å². The number of pyridine rings is 6. The summed E-state index contributed by atoms with van der Waals surface area (Å²) in [5.74, 6) is 0.871. The van der Waals surface area contributed by atoms with Crippen molar-refractivity contribution in [3.05, 3.63) is 486 Å². The molecule has 0 bridgehead atoms. The average molecular weight is 1830 g/mol. The van der Waals surface area contributed by atoms with Crippen LogP contribution in [0.25, 0.3) is 217 Å². The molecule has 0 unspecified atom stereocenters. The number of rotatable bonds is 13. The van der Waals surface area contributed by atoms with Gasteiger partial charge in [0.2, 0.25) is 0 Å². The van der Waals surface area contributed by atoms with E-state index in [1.54, 1.807) is 18.6 Å². The molecular weight excluding hydrogens is 1750 g/mol. The Morgan fingerprint density at radius 1 is 0.207 bits per heavy atom. The summed E-state index contributed by atoms with van der Waals surface area (Å²) < 4.78 is 14.5. The Labute approximate surface area is 811 Å². The van der Waals surface area contributed by atoms with Gasteiger partial charge in [-0.2, -0.15) is 0 Å². The lowest BCUT2D eigenvalue weighted by molar-refractivity contribution is 1.09. The minimum atomic E-state index is 0.747. The van der Waals surface area contributed by atoms with E-state index in [2.05, 4.69) is 474 Å². The molecule has 29 rings (SSSR count). The van der Waals surface area contributed by atoms with Crippen molar-refractivity contribution in [2.45, 2.75) is 0 Å². The van der Waals surface area contributed by atoms with Crippen molar-refractivity contribution in [2.75, 3.05) is 9.80 Å². The Balaban J connectivity index is 0.000000106. The van der Waals surface area contributed by atoms with Gasteiger partial charge in [-0.1, -0.05) is 249 Å². The lowest BCUT2D eigenvalue weighted by Gasteiger charge is -2.26. The Bertz CT molecular complexity index is 9920. The highest BCUT2D eigenvalue weighted by atomic mass is 32.1. The summed E-state index contributed by atoms with van der Waals surface area (Å²) in [5, 5.41) is 18.0. The number of fused-ring (bicyclic) bond motifs is 21. The summed E-state index contributed by atoms with van der Waals surface area (Å²) in [5.41, 5.74) is 28.6. The van der Waals surface area contributed by atoms with Crippen molar-refractivity contribution in [3.8, 4) is 56.3 Å². The Morgan fingerprint density at radius 3 is 1.17 bits per heavy atom. The molecule has 0 radical (unpaired) electrons. The van der Waals surface area contributed by atoms with Gasteiger partial charge in [0.1, 0.15) is 5.82 Å². The molecule has 0 spiro atoms. The molecule has 0 aliphatic rings. The highest BCUT2D eigenvalue weighted by Crippen LogP contribution is 2.49.